The summed E-state index contributed by atoms with van der Waals surface area (Å²) in [6, 6.07) is 0. The summed E-state index contributed by atoms with van der Waals surface area (Å²) in [7, 11) is 0. The average Bonchev–Trinajstić information content (AvgIpc) is 2.00. The molecular formula is C13H28O2. The van der Waals surface area contributed by atoms with Gasteiger partial charge in [0.25, 0.3) is 0 Å². The molecule has 92 valence electrons. The van der Waals surface area contributed by atoms with Crippen LogP contribution in [-0.4, -0.2) is 18.0 Å². The molecule has 0 saturated heterocycles. The zero-order chi connectivity index (χ0) is 11.9. The molecule has 0 heterocycles. The zero-order valence-electron chi connectivity index (χ0n) is 11.3. The van der Waals surface area contributed by atoms with Gasteiger partial charge in [-0.2, -0.15) is 0 Å². The second kappa shape index (κ2) is 7.24. The highest BCUT2D eigenvalue weighted by Gasteiger charge is 2.27. The van der Waals surface area contributed by atoms with Crippen molar-refractivity contribution in [2.75, 3.05) is 0 Å². The lowest BCUT2D eigenvalue weighted by atomic mass is 10.1. The monoisotopic (exact) mass is 216 g/mol. The predicted octanol–water partition coefficient (Wildman–Crippen LogP) is 4.13. The maximum absolute atomic E-state index is 5.87. The Balaban J connectivity index is 4.14. The highest BCUT2D eigenvalue weighted by molar-refractivity contribution is 4.66. The molecule has 0 saturated carbocycles. The Morgan fingerprint density at radius 2 is 1.40 bits per heavy atom. The van der Waals surface area contributed by atoms with Crippen molar-refractivity contribution in [3.63, 3.8) is 0 Å². The van der Waals surface area contributed by atoms with Gasteiger partial charge >= 0.3 is 0 Å². The van der Waals surface area contributed by atoms with Crippen molar-refractivity contribution in [1.82, 2.24) is 0 Å². The van der Waals surface area contributed by atoms with Crippen LogP contribution in [0.4, 0.5) is 0 Å². The Morgan fingerprint density at radius 3 is 1.73 bits per heavy atom. The van der Waals surface area contributed by atoms with Crippen LogP contribution < -0.4 is 0 Å². The lowest BCUT2D eigenvalue weighted by molar-refractivity contribution is -0.261. The molecule has 2 heteroatoms. The fourth-order valence-corrected chi connectivity index (χ4v) is 1.84. The van der Waals surface area contributed by atoms with Crippen molar-refractivity contribution in [2.45, 2.75) is 85.2 Å². The van der Waals surface area contributed by atoms with E-state index in [0.717, 1.165) is 6.42 Å². The summed E-state index contributed by atoms with van der Waals surface area (Å²) in [4.78, 5) is 0. The van der Waals surface area contributed by atoms with Gasteiger partial charge in [0.2, 0.25) is 0 Å². The van der Waals surface area contributed by atoms with Gasteiger partial charge in [0, 0.05) is 6.42 Å². The third-order valence-corrected chi connectivity index (χ3v) is 2.20. The maximum Gasteiger partial charge on any atom is 0.166 e. The van der Waals surface area contributed by atoms with Crippen LogP contribution >= 0.6 is 0 Å². The minimum Gasteiger partial charge on any atom is -0.348 e. The van der Waals surface area contributed by atoms with Crippen molar-refractivity contribution < 1.29 is 9.47 Å². The Hall–Kier alpha value is -0.0800. The van der Waals surface area contributed by atoms with Gasteiger partial charge in [0.1, 0.15) is 0 Å². The van der Waals surface area contributed by atoms with Crippen LogP contribution in [-0.2, 0) is 9.47 Å². The molecule has 0 aliphatic rings. The molecule has 0 atom stereocenters. The van der Waals surface area contributed by atoms with Crippen molar-refractivity contribution >= 4 is 0 Å². The molecule has 0 aromatic carbocycles. The van der Waals surface area contributed by atoms with Crippen molar-refractivity contribution in [2.24, 2.45) is 0 Å². The second-order valence-electron chi connectivity index (χ2n) is 4.92. The van der Waals surface area contributed by atoms with Gasteiger partial charge in [-0.1, -0.05) is 19.8 Å². The van der Waals surface area contributed by atoms with E-state index >= 15 is 0 Å². The molecule has 0 aliphatic carbocycles. The highest BCUT2D eigenvalue weighted by Crippen LogP contribution is 2.24. The molecule has 2 nitrogen and oxygen atoms in total. The Bertz CT molecular complexity index is 143. The summed E-state index contributed by atoms with van der Waals surface area (Å²) in [5.41, 5.74) is 0. The van der Waals surface area contributed by atoms with Crippen LogP contribution in [0.3, 0.4) is 0 Å². The fraction of sp³-hybridized carbons (Fsp3) is 1.00. The van der Waals surface area contributed by atoms with Crippen molar-refractivity contribution in [3.05, 3.63) is 0 Å². The van der Waals surface area contributed by atoms with E-state index in [1.54, 1.807) is 0 Å². The SMILES string of the molecule is CCCCCC(C)(OC(C)C)OC(C)C. The quantitative estimate of drug-likeness (QED) is 0.448. The first-order chi connectivity index (χ1) is 6.89. The maximum atomic E-state index is 5.87. The van der Waals surface area contributed by atoms with Gasteiger partial charge in [-0.3, -0.25) is 0 Å². The molecule has 0 aromatic heterocycles. The summed E-state index contributed by atoms with van der Waals surface area (Å²) in [5, 5.41) is 0. The first-order valence-corrected chi connectivity index (χ1v) is 6.25. The number of unbranched alkanes of at least 4 members (excludes halogenated alkanes) is 2. The number of rotatable bonds is 8. The van der Waals surface area contributed by atoms with E-state index in [0.29, 0.717) is 0 Å². The summed E-state index contributed by atoms with van der Waals surface area (Å²) < 4.78 is 11.7. The normalized spacial score (nSPS) is 12.8. The first-order valence-electron chi connectivity index (χ1n) is 6.25. The average molecular weight is 216 g/mol. The van der Waals surface area contributed by atoms with Crippen LogP contribution in [0.5, 0.6) is 0 Å². The van der Waals surface area contributed by atoms with E-state index in [9.17, 15) is 0 Å². The van der Waals surface area contributed by atoms with E-state index < -0.39 is 5.79 Å². The standard InChI is InChI=1S/C13H28O2/c1-7-8-9-10-13(6,14-11(2)3)15-12(4)5/h11-12H,7-10H2,1-6H3. The summed E-state index contributed by atoms with van der Waals surface area (Å²) >= 11 is 0. The molecule has 0 amide bonds. The van der Waals surface area contributed by atoms with Gasteiger partial charge in [-0.25, -0.2) is 0 Å². The molecular weight excluding hydrogens is 188 g/mol. The van der Waals surface area contributed by atoms with Crippen molar-refractivity contribution in [3.8, 4) is 0 Å². The van der Waals surface area contributed by atoms with Gasteiger partial charge in [-0.05, 0) is 41.0 Å². The van der Waals surface area contributed by atoms with Crippen LogP contribution in [0.25, 0.3) is 0 Å². The van der Waals surface area contributed by atoms with Gasteiger partial charge in [-0.15, -0.1) is 0 Å². The molecule has 0 N–H and O–H groups in total. The zero-order valence-corrected chi connectivity index (χ0v) is 11.3. The molecule has 0 aromatic rings. The van der Waals surface area contributed by atoms with E-state index in [1.165, 1.54) is 19.3 Å². The fourth-order valence-electron chi connectivity index (χ4n) is 1.84. The molecule has 0 radical (unpaired) electrons. The lowest BCUT2D eigenvalue weighted by Gasteiger charge is -2.33. The molecule has 0 rings (SSSR count). The largest absolute Gasteiger partial charge is 0.348 e. The topological polar surface area (TPSA) is 18.5 Å². The van der Waals surface area contributed by atoms with Crippen LogP contribution in [0.1, 0.15) is 67.2 Å². The van der Waals surface area contributed by atoms with Gasteiger partial charge < -0.3 is 9.47 Å². The van der Waals surface area contributed by atoms with Crippen LogP contribution in [0.2, 0.25) is 0 Å². The molecule has 0 fully saturated rings. The van der Waals surface area contributed by atoms with E-state index in [2.05, 4.69) is 41.5 Å². The second-order valence-corrected chi connectivity index (χ2v) is 4.92. The molecule has 0 bridgehead atoms. The summed E-state index contributed by atoms with van der Waals surface area (Å²) in [5.74, 6) is -0.405. The van der Waals surface area contributed by atoms with Gasteiger partial charge in [0.15, 0.2) is 5.79 Å². The first kappa shape index (κ1) is 14.9. The number of hydrogen-bond donors (Lipinski definition) is 0. The van der Waals surface area contributed by atoms with E-state index in [-0.39, 0.29) is 12.2 Å². The smallest absolute Gasteiger partial charge is 0.166 e. The molecule has 0 aliphatic heterocycles. The van der Waals surface area contributed by atoms with Crippen LogP contribution in [0, 0.1) is 0 Å². The van der Waals surface area contributed by atoms with Gasteiger partial charge in [0.05, 0.1) is 12.2 Å². The molecule has 15 heavy (non-hydrogen) atoms. The minimum atomic E-state index is -0.405. The summed E-state index contributed by atoms with van der Waals surface area (Å²) in [6.45, 7) is 12.5. The third-order valence-electron chi connectivity index (χ3n) is 2.20. The molecule has 0 unspecified atom stereocenters. The Labute approximate surface area is 95.3 Å². The Kier molecular flexibility index (Phi) is 7.20. The Morgan fingerprint density at radius 1 is 0.933 bits per heavy atom. The lowest BCUT2D eigenvalue weighted by Crippen LogP contribution is -2.37. The highest BCUT2D eigenvalue weighted by atomic mass is 16.7. The van der Waals surface area contributed by atoms with E-state index in [4.69, 9.17) is 9.47 Å². The van der Waals surface area contributed by atoms with Crippen LogP contribution in [0.15, 0.2) is 0 Å². The van der Waals surface area contributed by atoms with E-state index in [1.807, 2.05) is 0 Å². The number of hydrogen-bond acceptors (Lipinski definition) is 2. The predicted molar refractivity (Wildman–Crippen MR) is 65.0 cm³/mol. The molecule has 0 spiro atoms. The summed E-state index contributed by atoms with van der Waals surface area (Å²) in [6.07, 6.45) is 5.08. The minimum absolute atomic E-state index is 0.218. The van der Waals surface area contributed by atoms with Crippen molar-refractivity contribution in [1.29, 1.82) is 0 Å². The third kappa shape index (κ3) is 7.80. The number of ether oxygens (including phenoxy) is 2.